The lowest BCUT2D eigenvalue weighted by Crippen LogP contribution is -2.54. The lowest BCUT2D eigenvalue weighted by molar-refractivity contribution is -0.141. The number of hydrogen-bond acceptors (Lipinski definition) is 5. The number of rotatable bonds is 7. The van der Waals surface area contributed by atoms with Crippen LogP contribution in [-0.4, -0.2) is 49.3 Å². The van der Waals surface area contributed by atoms with Gasteiger partial charge in [-0.1, -0.05) is 54.6 Å². The van der Waals surface area contributed by atoms with E-state index in [2.05, 4.69) is 41.3 Å². The van der Waals surface area contributed by atoms with Crippen LogP contribution >= 0.6 is 0 Å². The summed E-state index contributed by atoms with van der Waals surface area (Å²) < 4.78 is 30.0. The Morgan fingerprint density at radius 2 is 1.48 bits per heavy atom. The Labute approximate surface area is 194 Å². The predicted octanol–water partition coefficient (Wildman–Crippen LogP) is 4.26. The molecule has 0 amide bonds. The van der Waals surface area contributed by atoms with Crippen molar-refractivity contribution in [2.24, 2.45) is 0 Å². The Bertz CT molecular complexity index is 1200. The van der Waals surface area contributed by atoms with Gasteiger partial charge in [-0.15, -0.1) is 0 Å². The molecule has 0 aliphatic carbocycles. The Balaban J connectivity index is 1.47. The van der Waals surface area contributed by atoms with E-state index in [-0.39, 0.29) is 17.7 Å². The number of sulfone groups is 1. The highest BCUT2D eigenvalue weighted by Crippen LogP contribution is 2.37. The molecule has 6 nitrogen and oxygen atoms in total. The van der Waals surface area contributed by atoms with Gasteiger partial charge in [-0.2, -0.15) is 0 Å². The van der Waals surface area contributed by atoms with E-state index in [9.17, 15) is 18.3 Å². The molecule has 1 aliphatic rings. The summed E-state index contributed by atoms with van der Waals surface area (Å²) in [5, 5.41) is 9.98. The van der Waals surface area contributed by atoms with E-state index in [0.29, 0.717) is 25.4 Å². The molecule has 0 spiro atoms. The lowest BCUT2D eigenvalue weighted by Gasteiger charge is -2.38. The van der Waals surface area contributed by atoms with Crippen LogP contribution in [0.2, 0.25) is 0 Å². The van der Waals surface area contributed by atoms with Crippen molar-refractivity contribution in [3.63, 3.8) is 0 Å². The first-order valence-electron chi connectivity index (χ1n) is 10.8. The van der Waals surface area contributed by atoms with Crippen molar-refractivity contribution in [3.8, 4) is 16.9 Å². The zero-order chi connectivity index (χ0) is 23.5. The molecule has 1 N–H and O–H groups in total. The van der Waals surface area contributed by atoms with Crippen LogP contribution in [0.3, 0.4) is 0 Å². The normalized spacial score (nSPS) is 16.3. The Kier molecular flexibility index (Phi) is 6.54. The van der Waals surface area contributed by atoms with Crippen LogP contribution in [-0.2, 0) is 21.2 Å². The van der Waals surface area contributed by atoms with Crippen LogP contribution in [0.25, 0.3) is 11.1 Å². The molecule has 172 valence electrons. The SMILES string of the molecule is COc1ccc(S(=O)(=O)C2(C(=O)O)CCN(Cc3ccc(-c4ccccc4)cc3)CC2)cc1. The van der Waals surface area contributed by atoms with Crippen LogP contribution in [0, 0.1) is 0 Å². The Hall–Kier alpha value is -3.16. The molecule has 0 saturated carbocycles. The molecule has 1 saturated heterocycles. The molecule has 0 radical (unpaired) electrons. The minimum absolute atomic E-state index is 0.00986. The van der Waals surface area contributed by atoms with Gasteiger partial charge in [0.2, 0.25) is 0 Å². The highest BCUT2D eigenvalue weighted by Gasteiger charge is 2.53. The number of methoxy groups -OCH3 is 1. The molecular formula is C26H27NO5S. The maximum Gasteiger partial charge on any atom is 0.325 e. The maximum absolute atomic E-state index is 13.3. The fraction of sp³-hybridized carbons (Fsp3) is 0.269. The molecular weight excluding hydrogens is 438 g/mol. The first kappa shape index (κ1) is 23.0. The number of ether oxygens (including phenoxy) is 1. The molecule has 1 aliphatic heterocycles. The smallest absolute Gasteiger partial charge is 0.325 e. The van der Waals surface area contributed by atoms with E-state index in [1.807, 2.05) is 18.2 Å². The van der Waals surface area contributed by atoms with Crippen molar-refractivity contribution < 1.29 is 23.1 Å². The number of likely N-dealkylation sites (tertiary alicyclic amines) is 1. The minimum Gasteiger partial charge on any atom is -0.497 e. The Morgan fingerprint density at radius 1 is 0.909 bits per heavy atom. The number of piperidine rings is 1. The lowest BCUT2D eigenvalue weighted by atomic mass is 9.95. The van der Waals surface area contributed by atoms with Gasteiger partial charge in [-0.05, 0) is 53.8 Å². The number of carboxylic acids is 1. The van der Waals surface area contributed by atoms with Gasteiger partial charge >= 0.3 is 5.97 Å². The average Bonchev–Trinajstić information content (AvgIpc) is 2.85. The highest BCUT2D eigenvalue weighted by molar-refractivity contribution is 7.93. The van der Waals surface area contributed by atoms with Crippen molar-refractivity contribution in [1.29, 1.82) is 0 Å². The van der Waals surface area contributed by atoms with E-state index in [1.165, 1.54) is 31.4 Å². The van der Waals surface area contributed by atoms with Crippen molar-refractivity contribution in [1.82, 2.24) is 4.90 Å². The van der Waals surface area contributed by atoms with Crippen LogP contribution in [0.5, 0.6) is 5.75 Å². The number of nitrogens with zero attached hydrogens (tertiary/aromatic N) is 1. The number of carbonyl (C=O) groups is 1. The Morgan fingerprint density at radius 3 is 2.03 bits per heavy atom. The standard InChI is InChI=1S/C26H27NO5S/c1-32-23-11-13-24(14-12-23)33(30,31)26(25(28)29)15-17-27(18-16-26)19-20-7-9-22(10-8-20)21-5-3-2-4-6-21/h2-14H,15-19H2,1H3,(H,28,29). The predicted molar refractivity (Wildman–Crippen MR) is 127 cm³/mol. The van der Waals surface area contributed by atoms with Crippen molar-refractivity contribution in [2.75, 3.05) is 20.2 Å². The molecule has 0 atom stereocenters. The first-order valence-corrected chi connectivity index (χ1v) is 12.3. The third-order valence-corrected chi connectivity index (χ3v) is 8.91. The van der Waals surface area contributed by atoms with Gasteiger partial charge in [0.05, 0.1) is 12.0 Å². The van der Waals surface area contributed by atoms with Gasteiger partial charge < -0.3 is 9.84 Å². The second-order valence-electron chi connectivity index (χ2n) is 8.32. The van der Waals surface area contributed by atoms with Gasteiger partial charge in [0.1, 0.15) is 5.75 Å². The van der Waals surface area contributed by atoms with E-state index in [1.54, 1.807) is 0 Å². The summed E-state index contributed by atoms with van der Waals surface area (Å²) in [5.41, 5.74) is 3.39. The van der Waals surface area contributed by atoms with Crippen molar-refractivity contribution in [3.05, 3.63) is 84.4 Å². The number of hydrogen-bond donors (Lipinski definition) is 1. The van der Waals surface area contributed by atoms with Gasteiger partial charge in [0, 0.05) is 19.6 Å². The third kappa shape index (κ3) is 4.51. The summed E-state index contributed by atoms with van der Waals surface area (Å²) in [6.45, 7) is 1.43. The molecule has 0 unspecified atom stereocenters. The summed E-state index contributed by atoms with van der Waals surface area (Å²) in [6, 6.07) is 24.3. The van der Waals surface area contributed by atoms with Crippen LogP contribution in [0.1, 0.15) is 18.4 Å². The summed E-state index contributed by atoms with van der Waals surface area (Å²) in [7, 11) is -2.57. The van der Waals surface area contributed by atoms with E-state index in [4.69, 9.17) is 4.74 Å². The van der Waals surface area contributed by atoms with Crippen LogP contribution < -0.4 is 4.74 Å². The average molecular weight is 466 g/mol. The topological polar surface area (TPSA) is 83.9 Å². The molecule has 33 heavy (non-hydrogen) atoms. The summed E-state index contributed by atoms with van der Waals surface area (Å²) >= 11 is 0. The number of carboxylic acid groups (broad SMARTS) is 1. The van der Waals surface area contributed by atoms with Gasteiger partial charge in [-0.25, -0.2) is 8.42 Å². The molecule has 0 bridgehead atoms. The van der Waals surface area contributed by atoms with Crippen LogP contribution in [0.15, 0.2) is 83.8 Å². The van der Waals surface area contributed by atoms with Gasteiger partial charge in [-0.3, -0.25) is 9.69 Å². The summed E-state index contributed by atoms with van der Waals surface area (Å²) in [5.74, 6) is -0.767. The fourth-order valence-electron chi connectivity index (χ4n) is 4.34. The molecule has 3 aromatic carbocycles. The molecule has 7 heteroatoms. The quantitative estimate of drug-likeness (QED) is 0.562. The number of aliphatic carboxylic acids is 1. The van der Waals surface area contributed by atoms with E-state index >= 15 is 0 Å². The minimum atomic E-state index is -4.06. The highest BCUT2D eigenvalue weighted by atomic mass is 32.2. The third-order valence-electron chi connectivity index (χ3n) is 6.40. The monoisotopic (exact) mass is 465 g/mol. The van der Waals surface area contributed by atoms with Crippen molar-refractivity contribution >= 4 is 15.8 Å². The largest absolute Gasteiger partial charge is 0.497 e. The van der Waals surface area contributed by atoms with Gasteiger partial charge in [0.25, 0.3) is 0 Å². The molecule has 0 aromatic heterocycles. The van der Waals surface area contributed by atoms with E-state index < -0.39 is 20.6 Å². The zero-order valence-corrected chi connectivity index (χ0v) is 19.3. The summed E-state index contributed by atoms with van der Waals surface area (Å²) in [6.07, 6.45) is 0.0809. The molecule has 1 fully saturated rings. The van der Waals surface area contributed by atoms with E-state index in [0.717, 1.165) is 16.7 Å². The maximum atomic E-state index is 13.3. The molecule has 4 rings (SSSR count). The second-order valence-corrected chi connectivity index (χ2v) is 10.6. The van der Waals surface area contributed by atoms with Gasteiger partial charge in [0.15, 0.2) is 14.6 Å². The fourth-order valence-corrected chi connectivity index (χ4v) is 6.24. The molecule has 1 heterocycles. The van der Waals surface area contributed by atoms with Crippen molar-refractivity contribution in [2.45, 2.75) is 29.0 Å². The first-order chi connectivity index (χ1) is 15.9. The van der Waals surface area contributed by atoms with Crippen LogP contribution in [0.4, 0.5) is 0 Å². The summed E-state index contributed by atoms with van der Waals surface area (Å²) in [4.78, 5) is 14.4. The molecule has 3 aromatic rings. The second kappa shape index (κ2) is 9.37. The zero-order valence-electron chi connectivity index (χ0n) is 18.5. The number of benzene rings is 3.